The maximum atomic E-state index is 13.5. The number of pyridine rings is 1. The lowest BCUT2D eigenvalue weighted by Gasteiger charge is -2.28. The second kappa shape index (κ2) is 7.84. The van der Waals surface area contributed by atoms with Crippen LogP contribution in [0, 0.1) is 20.8 Å². The van der Waals surface area contributed by atoms with Crippen molar-refractivity contribution < 1.29 is 14.7 Å². The molecule has 0 saturated heterocycles. The average molecular weight is 420 g/mol. The van der Waals surface area contributed by atoms with Crippen LogP contribution in [0.4, 0.5) is 0 Å². The number of aryl methyl sites for hydroxylation is 3. The van der Waals surface area contributed by atoms with Gasteiger partial charge in [-0.2, -0.15) is 0 Å². The van der Waals surface area contributed by atoms with Gasteiger partial charge >= 0.3 is 0 Å². The average Bonchev–Trinajstić information content (AvgIpc) is 3.19. The summed E-state index contributed by atoms with van der Waals surface area (Å²) in [7, 11) is 0. The van der Waals surface area contributed by atoms with E-state index >= 15 is 0 Å². The number of hydrogen-bond donors (Lipinski definition) is 1. The number of carbonyl (C=O) groups excluding carboxylic acids is 2. The monoisotopic (exact) mass is 419 g/mol. The van der Waals surface area contributed by atoms with E-state index in [-0.39, 0.29) is 17.9 Å². The minimum Gasteiger partial charge on any atom is -0.503 e. The van der Waals surface area contributed by atoms with Crippen LogP contribution in [0.1, 0.15) is 43.1 Å². The van der Waals surface area contributed by atoms with E-state index in [9.17, 15) is 14.7 Å². The molecule has 1 atom stereocenters. The third-order valence-electron chi connectivity index (χ3n) is 5.22. The van der Waals surface area contributed by atoms with E-state index in [1.54, 1.807) is 25.4 Å². The highest BCUT2D eigenvalue weighted by atomic mass is 32.1. The van der Waals surface area contributed by atoms with Crippen LogP contribution in [0.3, 0.4) is 0 Å². The molecule has 6 nitrogen and oxygen atoms in total. The Kier molecular flexibility index (Phi) is 5.22. The molecular formula is C23H21N3O3S. The number of aliphatic hydroxyl groups is 1. The number of hydrogen-bond acceptors (Lipinski definition) is 6. The smallest absolute Gasteiger partial charge is 0.290 e. The molecule has 30 heavy (non-hydrogen) atoms. The van der Waals surface area contributed by atoms with Crippen LogP contribution in [0.15, 0.2) is 60.1 Å². The van der Waals surface area contributed by atoms with Gasteiger partial charge in [0.05, 0.1) is 27.2 Å². The van der Waals surface area contributed by atoms with E-state index in [0.29, 0.717) is 10.6 Å². The van der Waals surface area contributed by atoms with Crippen LogP contribution in [0.2, 0.25) is 0 Å². The van der Waals surface area contributed by atoms with Gasteiger partial charge in [0, 0.05) is 18.9 Å². The predicted octanol–water partition coefficient (Wildman–Crippen LogP) is 4.24. The quantitative estimate of drug-likeness (QED) is 0.626. The van der Waals surface area contributed by atoms with E-state index in [4.69, 9.17) is 0 Å². The second-order valence-electron chi connectivity index (χ2n) is 7.29. The molecule has 3 aromatic rings. The summed E-state index contributed by atoms with van der Waals surface area (Å²) in [6.45, 7) is 5.76. The SMILES string of the molecule is Cc1nc(C)c(C(=O)C2=C(O)C(=O)N(Cc3cccnc3)C2c2ccccc2C)s1. The van der Waals surface area contributed by atoms with Gasteiger partial charge in [-0.1, -0.05) is 30.3 Å². The maximum absolute atomic E-state index is 13.5. The van der Waals surface area contributed by atoms with E-state index in [0.717, 1.165) is 21.7 Å². The Hall–Kier alpha value is -3.32. The third kappa shape index (κ3) is 3.41. The Morgan fingerprint density at radius 3 is 2.57 bits per heavy atom. The van der Waals surface area contributed by atoms with Crippen LogP contribution in [0.5, 0.6) is 0 Å². The highest BCUT2D eigenvalue weighted by Gasteiger charge is 2.44. The van der Waals surface area contributed by atoms with Gasteiger partial charge in [-0.15, -0.1) is 11.3 Å². The first-order valence-electron chi connectivity index (χ1n) is 9.55. The molecule has 4 rings (SSSR count). The molecule has 1 N–H and O–H groups in total. The fraction of sp³-hybridized carbons (Fsp3) is 0.217. The number of rotatable bonds is 5. The van der Waals surface area contributed by atoms with Crippen molar-refractivity contribution in [3.8, 4) is 0 Å². The minimum atomic E-state index is -0.687. The summed E-state index contributed by atoms with van der Waals surface area (Å²) in [5.41, 5.74) is 3.26. The van der Waals surface area contributed by atoms with E-state index in [1.165, 1.54) is 16.2 Å². The molecule has 0 saturated carbocycles. The van der Waals surface area contributed by atoms with Crippen LogP contribution < -0.4 is 0 Å². The lowest BCUT2D eigenvalue weighted by molar-refractivity contribution is -0.130. The zero-order valence-electron chi connectivity index (χ0n) is 16.9. The Bertz CT molecular complexity index is 1170. The van der Waals surface area contributed by atoms with Gasteiger partial charge in [0.1, 0.15) is 0 Å². The van der Waals surface area contributed by atoms with Crippen molar-refractivity contribution in [2.24, 2.45) is 0 Å². The van der Waals surface area contributed by atoms with Crippen molar-refractivity contribution in [3.05, 3.63) is 92.4 Å². The molecule has 0 bridgehead atoms. The molecule has 0 aliphatic carbocycles. The molecule has 3 heterocycles. The molecule has 1 amide bonds. The summed E-state index contributed by atoms with van der Waals surface area (Å²) in [6, 6.07) is 10.6. The van der Waals surface area contributed by atoms with Crippen LogP contribution in [0.25, 0.3) is 0 Å². The molecule has 0 fully saturated rings. The summed E-state index contributed by atoms with van der Waals surface area (Å²) < 4.78 is 0. The predicted molar refractivity (Wildman–Crippen MR) is 114 cm³/mol. The van der Waals surface area contributed by atoms with Gasteiger partial charge in [-0.25, -0.2) is 4.98 Å². The second-order valence-corrected chi connectivity index (χ2v) is 8.50. The summed E-state index contributed by atoms with van der Waals surface area (Å²) in [5.74, 6) is -1.41. The normalized spacial score (nSPS) is 16.4. The van der Waals surface area contributed by atoms with Gasteiger partial charge in [-0.05, 0) is 43.5 Å². The molecule has 1 aromatic carbocycles. The molecule has 1 aliphatic heterocycles. The van der Waals surface area contributed by atoms with E-state index < -0.39 is 17.7 Å². The molecule has 1 unspecified atom stereocenters. The number of amides is 1. The van der Waals surface area contributed by atoms with Gasteiger partial charge in [0.15, 0.2) is 5.76 Å². The lowest BCUT2D eigenvalue weighted by atomic mass is 9.92. The summed E-state index contributed by atoms with van der Waals surface area (Å²) in [5, 5.41) is 11.6. The molecule has 152 valence electrons. The molecule has 2 aromatic heterocycles. The number of benzene rings is 1. The molecule has 7 heteroatoms. The summed E-state index contributed by atoms with van der Waals surface area (Å²) in [4.78, 5) is 37.0. The number of Topliss-reactive ketones (excluding diaryl/α,β-unsaturated/α-hetero) is 1. The minimum absolute atomic E-state index is 0.102. The zero-order valence-corrected chi connectivity index (χ0v) is 17.7. The van der Waals surface area contributed by atoms with Gasteiger partial charge in [0.2, 0.25) is 5.78 Å². The Labute approximate surface area is 178 Å². The molecular weight excluding hydrogens is 398 g/mol. The van der Waals surface area contributed by atoms with Gasteiger partial charge < -0.3 is 10.0 Å². The van der Waals surface area contributed by atoms with Crippen molar-refractivity contribution in [3.63, 3.8) is 0 Å². The fourth-order valence-corrected chi connectivity index (χ4v) is 4.69. The van der Waals surface area contributed by atoms with Gasteiger partial charge in [0.25, 0.3) is 5.91 Å². The summed E-state index contributed by atoms with van der Waals surface area (Å²) in [6.07, 6.45) is 3.34. The van der Waals surface area contributed by atoms with Crippen molar-refractivity contribution in [1.29, 1.82) is 0 Å². The lowest BCUT2D eigenvalue weighted by Crippen LogP contribution is -2.31. The Balaban J connectivity index is 1.84. The summed E-state index contributed by atoms with van der Waals surface area (Å²) >= 11 is 1.27. The van der Waals surface area contributed by atoms with Crippen molar-refractivity contribution in [1.82, 2.24) is 14.9 Å². The largest absolute Gasteiger partial charge is 0.503 e. The molecule has 1 aliphatic rings. The number of carbonyl (C=O) groups is 2. The van der Waals surface area contributed by atoms with E-state index in [2.05, 4.69) is 9.97 Å². The number of aliphatic hydroxyl groups excluding tert-OH is 1. The molecule has 0 radical (unpaired) electrons. The Morgan fingerprint density at radius 1 is 1.17 bits per heavy atom. The standard InChI is InChI=1S/C23H21N3O3S/c1-13-7-4-5-9-17(13)19-18(20(27)22-14(2)25-15(3)30-22)21(28)23(29)26(19)12-16-8-6-10-24-11-16/h4-11,19,28H,12H2,1-3H3. The fourth-order valence-electron chi connectivity index (χ4n) is 3.82. The first-order valence-corrected chi connectivity index (χ1v) is 10.4. The van der Waals surface area contributed by atoms with Crippen LogP contribution in [-0.2, 0) is 11.3 Å². The Morgan fingerprint density at radius 2 is 1.93 bits per heavy atom. The number of thiazole rings is 1. The molecule has 0 spiro atoms. The van der Waals surface area contributed by atoms with Crippen LogP contribution >= 0.6 is 11.3 Å². The van der Waals surface area contributed by atoms with Crippen molar-refractivity contribution in [2.45, 2.75) is 33.4 Å². The highest BCUT2D eigenvalue weighted by Crippen LogP contribution is 2.41. The van der Waals surface area contributed by atoms with Gasteiger partial charge in [-0.3, -0.25) is 14.6 Å². The van der Waals surface area contributed by atoms with E-state index in [1.807, 2.05) is 44.2 Å². The third-order valence-corrected chi connectivity index (χ3v) is 6.29. The first-order chi connectivity index (χ1) is 14.4. The number of ketones is 1. The zero-order chi connectivity index (χ0) is 21.4. The number of nitrogens with zero attached hydrogens (tertiary/aromatic N) is 3. The topological polar surface area (TPSA) is 83.4 Å². The maximum Gasteiger partial charge on any atom is 0.290 e. The number of aromatic nitrogens is 2. The highest BCUT2D eigenvalue weighted by molar-refractivity contribution is 7.14. The van der Waals surface area contributed by atoms with Crippen molar-refractivity contribution >= 4 is 23.0 Å². The van der Waals surface area contributed by atoms with Crippen LogP contribution in [-0.4, -0.2) is 31.7 Å². The van der Waals surface area contributed by atoms with Crippen molar-refractivity contribution in [2.75, 3.05) is 0 Å². The first kappa shape index (κ1) is 20.0.